The lowest BCUT2D eigenvalue weighted by atomic mass is 10.0. The highest BCUT2D eigenvalue weighted by Crippen LogP contribution is 2.43. The Morgan fingerprint density at radius 2 is 0.701 bits per heavy atom. The van der Waals surface area contributed by atoms with Crippen LogP contribution in [0.25, 0.3) is 0 Å². The van der Waals surface area contributed by atoms with Crippen molar-refractivity contribution in [2.75, 3.05) is 40.9 Å². The molecule has 0 aliphatic heterocycles. The molecule has 3 N–H and O–H groups in total. The van der Waals surface area contributed by atoms with Crippen molar-refractivity contribution in [1.29, 1.82) is 0 Å². The van der Waals surface area contributed by atoms with Gasteiger partial charge in [-0.1, -0.05) is 349 Å². The zero-order chi connectivity index (χ0) is 63.4. The summed E-state index contributed by atoms with van der Waals surface area (Å²) < 4.78 is 23.8. The molecule has 0 aromatic carbocycles. The number of nitrogens with zero attached hydrogens (tertiary/aromatic N) is 1. The van der Waals surface area contributed by atoms with E-state index in [0.717, 1.165) is 77.0 Å². The minimum Gasteiger partial charge on any atom is -0.387 e. The monoisotopic (exact) mass is 1240 g/mol. The number of amides is 1. The van der Waals surface area contributed by atoms with Crippen LogP contribution < -0.4 is 5.32 Å². The third kappa shape index (κ3) is 70.7. The standard InChI is InChI=1S/C78H143N2O6P/c1-6-8-10-12-14-16-18-20-22-24-26-28-30-32-34-36-37-38-39-40-41-42-43-44-46-48-50-52-54-56-58-60-62-64-66-68-70-72-78(82)79-76(75-86-87(83,84)85-74-73-80(3,4)5)77(81)71-69-67-65-63-61-59-57-55-53-51-49-47-45-35-33-31-29-27-25-23-21-19-17-15-13-11-9-7-2/h8,10,14,16,20,22,26,28,32,34,37-38,61,63,69,71,76-77,81H,6-7,9,11-13,15,17-19,21,23-25,27,29-31,33,35-36,39-60,62,64-68,70,72-75H2,1-5H3,(H-,79,82,83,84)/p+1/b10-8-,16-14-,22-20-,28-26-,34-32-,38-37-,63-61+,71-69+. The number of carbonyl (C=O) groups is 1. The Morgan fingerprint density at radius 3 is 1.06 bits per heavy atom. The molecule has 506 valence electrons. The molecule has 0 saturated heterocycles. The van der Waals surface area contributed by atoms with Gasteiger partial charge in [-0.15, -0.1) is 0 Å². The maximum Gasteiger partial charge on any atom is 0.472 e. The van der Waals surface area contributed by atoms with Crippen LogP contribution in [0.15, 0.2) is 97.2 Å². The topological polar surface area (TPSA) is 105 Å². The van der Waals surface area contributed by atoms with Gasteiger partial charge in [0.1, 0.15) is 13.2 Å². The first-order chi connectivity index (χ1) is 42.5. The lowest BCUT2D eigenvalue weighted by Gasteiger charge is -2.25. The number of nitrogens with one attached hydrogen (secondary N) is 1. The van der Waals surface area contributed by atoms with Gasteiger partial charge in [-0.3, -0.25) is 13.8 Å². The smallest absolute Gasteiger partial charge is 0.387 e. The number of carbonyl (C=O) groups excluding carboxylic acids is 1. The number of unbranched alkanes of at least 4 members (excludes halogenated alkanes) is 41. The van der Waals surface area contributed by atoms with Gasteiger partial charge in [-0.25, -0.2) is 4.57 Å². The van der Waals surface area contributed by atoms with Gasteiger partial charge in [0.25, 0.3) is 0 Å². The van der Waals surface area contributed by atoms with Gasteiger partial charge in [0.2, 0.25) is 5.91 Å². The summed E-state index contributed by atoms with van der Waals surface area (Å²) in [6.45, 7) is 4.72. The van der Waals surface area contributed by atoms with E-state index in [1.807, 2.05) is 27.2 Å². The zero-order valence-corrected chi connectivity index (χ0v) is 58.9. The predicted octanol–water partition coefficient (Wildman–Crippen LogP) is 24.1. The molecular formula is C78H144N2O6P+. The molecule has 0 saturated carbocycles. The van der Waals surface area contributed by atoms with E-state index in [4.69, 9.17) is 9.05 Å². The second kappa shape index (κ2) is 67.8. The SMILES string of the molecule is CC/C=C\C/C=C\C/C=C\C/C=C\C/C=C\C/C=C\CCCCCCCCCCCCCCCCCCCCC(=O)NC(COP(=O)(O)OCC[N+](C)(C)C)C(O)/C=C/CC/C=C/CCCCCCCCCCCCCCCCCCCCCCCC. The second-order valence-electron chi connectivity index (χ2n) is 26.3. The summed E-state index contributed by atoms with van der Waals surface area (Å²) in [4.78, 5) is 23.5. The van der Waals surface area contributed by atoms with Crippen molar-refractivity contribution in [3.05, 3.63) is 97.2 Å². The molecule has 0 heterocycles. The number of phosphoric ester groups is 1. The van der Waals surface area contributed by atoms with Gasteiger partial charge in [0.15, 0.2) is 0 Å². The summed E-state index contributed by atoms with van der Waals surface area (Å²) in [5, 5.41) is 14.0. The molecule has 1 amide bonds. The van der Waals surface area contributed by atoms with E-state index in [-0.39, 0.29) is 19.1 Å². The fourth-order valence-corrected chi connectivity index (χ4v) is 11.6. The molecule has 0 fully saturated rings. The van der Waals surface area contributed by atoms with Crippen molar-refractivity contribution in [3.8, 4) is 0 Å². The summed E-state index contributed by atoms with van der Waals surface area (Å²) in [5.41, 5.74) is 0. The molecule has 0 spiro atoms. The number of quaternary nitrogens is 1. The minimum atomic E-state index is -4.37. The number of allylic oxidation sites excluding steroid dienone is 15. The van der Waals surface area contributed by atoms with E-state index in [2.05, 4.69) is 104 Å². The van der Waals surface area contributed by atoms with Crippen molar-refractivity contribution >= 4 is 13.7 Å². The number of hydrogen-bond donors (Lipinski definition) is 3. The van der Waals surface area contributed by atoms with Crippen molar-refractivity contribution in [2.45, 2.75) is 353 Å². The Morgan fingerprint density at radius 1 is 0.402 bits per heavy atom. The lowest BCUT2D eigenvalue weighted by Crippen LogP contribution is -2.45. The summed E-state index contributed by atoms with van der Waals surface area (Å²) in [6, 6.07) is -0.869. The number of rotatable bonds is 68. The lowest BCUT2D eigenvalue weighted by molar-refractivity contribution is -0.870. The molecule has 0 aromatic heterocycles. The first kappa shape index (κ1) is 84.4. The fraction of sp³-hybridized carbons (Fsp3) is 0.782. The van der Waals surface area contributed by atoms with Crippen LogP contribution in [-0.4, -0.2) is 73.4 Å². The van der Waals surface area contributed by atoms with Crippen LogP contribution in [0.4, 0.5) is 0 Å². The van der Waals surface area contributed by atoms with Crippen LogP contribution in [0, 0.1) is 0 Å². The van der Waals surface area contributed by atoms with E-state index >= 15 is 0 Å². The quantitative estimate of drug-likeness (QED) is 0.0243. The van der Waals surface area contributed by atoms with Crippen LogP contribution in [0.1, 0.15) is 341 Å². The predicted molar refractivity (Wildman–Crippen MR) is 383 cm³/mol. The Hall–Kier alpha value is -2.58. The van der Waals surface area contributed by atoms with E-state index in [1.165, 1.54) is 244 Å². The number of phosphoric acid groups is 1. The molecule has 0 radical (unpaired) electrons. The summed E-state index contributed by atoms with van der Waals surface area (Å²) in [7, 11) is 1.56. The van der Waals surface area contributed by atoms with Crippen molar-refractivity contribution < 1.29 is 32.9 Å². The average Bonchev–Trinajstić information content (AvgIpc) is 3.70. The highest BCUT2D eigenvalue weighted by molar-refractivity contribution is 7.47. The van der Waals surface area contributed by atoms with Gasteiger partial charge in [0.05, 0.1) is 39.9 Å². The van der Waals surface area contributed by atoms with Crippen LogP contribution in [0.3, 0.4) is 0 Å². The van der Waals surface area contributed by atoms with Crippen LogP contribution in [-0.2, 0) is 18.4 Å². The molecule has 0 aliphatic carbocycles. The van der Waals surface area contributed by atoms with Crippen LogP contribution in [0.2, 0.25) is 0 Å². The van der Waals surface area contributed by atoms with Crippen LogP contribution in [0.5, 0.6) is 0 Å². The van der Waals surface area contributed by atoms with Gasteiger partial charge in [-0.2, -0.15) is 0 Å². The fourth-order valence-electron chi connectivity index (χ4n) is 10.8. The van der Waals surface area contributed by atoms with Crippen molar-refractivity contribution in [1.82, 2.24) is 5.32 Å². The number of aliphatic hydroxyl groups excluding tert-OH is 1. The average molecular weight is 1240 g/mol. The number of aliphatic hydroxyl groups is 1. The Kier molecular flexibility index (Phi) is 65.8. The van der Waals surface area contributed by atoms with Crippen molar-refractivity contribution in [3.63, 3.8) is 0 Å². The third-order valence-corrected chi connectivity index (χ3v) is 17.5. The molecule has 3 unspecified atom stereocenters. The summed E-state index contributed by atoms with van der Waals surface area (Å²) in [6.07, 6.45) is 98.6. The normalized spacial score (nSPS) is 14.1. The van der Waals surface area contributed by atoms with Crippen molar-refractivity contribution in [2.24, 2.45) is 0 Å². The summed E-state index contributed by atoms with van der Waals surface area (Å²) >= 11 is 0. The van der Waals surface area contributed by atoms with Crippen LogP contribution >= 0.6 is 7.82 Å². The molecule has 0 rings (SSSR count). The van der Waals surface area contributed by atoms with Gasteiger partial charge < -0.3 is 19.8 Å². The number of hydrogen-bond acceptors (Lipinski definition) is 5. The first-order valence-corrected chi connectivity index (χ1v) is 38.6. The maximum absolute atomic E-state index is 13.1. The van der Waals surface area contributed by atoms with Gasteiger partial charge in [-0.05, 0) is 83.5 Å². The molecule has 0 bridgehead atoms. The summed E-state index contributed by atoms with van der Waals surface area (Å²) in [5.74, 6) is -0.184. The first-order valence-electron chi connectivity index (χ1n) is 37.1. The second-order valence-corrected chi connectivity index (χ2v) is 27.7. The maximum atomic E-state index is 13.1. The molecule has 87 heavy (non-hydrogen) atoms. The van der Waals surface area contributed by atoms with E-state index in [0.29, 0.717) is 17.4 Å². The molecule has 0 aromatic rings. The Bertz CT molecular complexity index is 1740. The highest BCUT2D eigenvalue weighted by Gasteiger charge is 2.28. The van der Waals surface area contributed by atoms with E-state index in [1.54, 1.807) is 6.08 Å². The van der Waals surface area contributed by atoms with E-state index < -0.39 is 20.0 Å². The Balaban J connectivity index is 4.05. The van der Waals surface area contributed by atoms with Gasteiger partial charge >= 0.3 is 7.82 Å². The van der Waals surface area contributed by atoms with E-state index in [9.17, 15) is 19.4 Å². The third-order valence-electron chi connectivity index (χ3n) is 16.5. The number of likely N-dealkylation sites (N-methyl/N-ethyl adjacent to an activating group) is 1. The molecule has 0 aliphatic rings. The Labute approximate surface area is 540 Å². The molecular weight excluding hydrogens is 1090 g/mol. The largest absolute Gasteiger partial charge is 0.472 e. The molecule has 8 nitrogen and oxygen atoms in total. The van der Waals surface area contributed by atoms with Gasteiger partial charge in [0, 0.05) is 6.42 Å². The molecule has 3 atom stereocenters. The molecule has 9 heteroatoms. The highest BCUT2D eigenvalue weighted by atomic mass is 31.2. The zero-order valence-electron chi connectivity index (χ0n) is 58.0. The minimum absolute atomic E-state index is 0.0546.